The van der Waals surface area contributed by atoms with Crippen LogP contribution in [0, 0.1) is 5.82 Å². The lowest BCUT2D eigenvalue weighted by Crippen LogP contribution is -2.05. The molecule has 0 saturated heterocycles. The van der Waals surface area contributed by atoms with Crippen LogP contribution in [-0.2, 0) is 6.18 Å². The first kappa shape index (κ1) is 15.3. The van der Waals surface area contributed by atoms with Crippen molar-refractivity contribution in [1.29, 1.82) is 0 Å². The highest BCUT2D eigenvalue weighted by Gasteiger charge is 2.31. The maximum Gasteiger partial charge on any atom is 0.416 e. The Balaban J connectivity index is 2.41. The average Bonchev–Trinajstić information content (AvgIpc) is 2.42. The van der Waals surface area contributed by atoms with Crippen molar-refractivity contribution >= 4 is 17.9 Å². The van der Waals surface area contributed by atoms with Gasteiger partial charge in [0.2, 0.25) is 0 Å². The van der Waals surface area contributed by atoms with Crippen LogP contribution in [-0.4, -0.2) is 6.29 Å². The minimum absolute atomic E-state index is 0.0701. The summed E-state index contributed by atoms with van der Waals surface area (Å²) >= 11 is 5.49. The molecule has 0 N–H and O–H groups in total. The monoisotopic (exact) mass is 318 g/mol. The van der Waals surface area contributed by atoms with Crippen LogP contribution >= 0.6 is 11.6 Å². The zero-order valence-electron chi connectivity index (χ0n) is 10.2. The predicted octanol–water partition coefficient (Wildman–Crippen LogP) is 5.10. The molecular weight excluding hydrogens is 312 g/mol. The summed E-state index contributed by atoms with van der Waals surface area (Å²) in [7, 11) is 0. The highest BCUT2D eigenvalue weighted by Crippen LogP contribution is 2.34. The van der Waals surface area contributed by atoms with Gasteiger partial charge in [-0.1, -0.05) is 11.6 Å². The van der Waals surface area contributed by atoms with Gasteiger partial charge in [-0.05, 0) is 30.3 Å². The van der Waals surface area contributed by atoms with E-state index in [1.54, 1.807) is 0 Å². The molecule has 0 aromatic heterocycles. The van der Waals surface area contributed by atoms with E-state index in [-0.39, 0.29) is 22.1 Å². The van der Waals surface area contributed by atoms with E-state index in [2.05, 4.69) is 0 Å². The zero-order chi connectivity index (χ0) is 15.6. The lowest BCUT2D eigenvalue weighted by atomic mass is 10.1. The molecule has 2 aromatic carbocycles. The fourth-order valence-electron chi connectivity index (χ4n) is 1.56. The number of carbonyl (C=O) groups is 1. The van der Waals surface area contributed by atoms with E-state index in [1.807, 2.05) is 0 Å². The van der Waals surface area contributed by atoms with Crippen LogP contribution < -0.4 is 4.74 Å². The van der Waals surface area contributed by atoms with E-state index >= 15 is 0 Å². The molecule has 0 heterocycles. The Hall–Kier alpha value is -2.08. The van der Waals surface area contributed by atoms with Gasteiger partial charge in [0.15, 0.2) is 6.29 Å². The number of hydrogen-bond acceptors (Lipinski definition) is 2. The summed E-state index contributed by atoms with van der Waals surface area (Å²) < 4.78 is 56.3. The van der Waals surface area contributed by atoms with E-state index in [4.69, 9.17) is 16.3 Å². The van der Waals surface area contributed by atoms with Gasteiger partial charge in [-0.25, -0.2) is 4.39 Å². The summed E-state index contributed by atoms with van der Waals surface area (Å²) in [6.45, 7) is 0. The third-order valence-electron chi connectivity index (χ3n) is 2.59. The third kappa shape index (κ3) is 3.52. The van der Waals surface area contributed by atoms with Crippen molar-refractivity contribution < 1.29 is 27.1 Å². The molecule has 110 valence electrons. The molecule has 2 rings (SSSR count). The second kappa shape index (κ2) is 5.73. The summed E-state index contributed by atoms with van der Waals surface area (Å²) in [4.78, 5) is 10.8. The summed E-state index contributed by atoms with van der Waals surface area (Å²) in [6.07, 6.45) is -4.23. The Kier molecular flexibility index (Phi) is 4.18. The Morgan fingerprint density at radius 3 is 2.38 bits per heavy atom. The summed E-state index contributed by atoms with van der Waals surface area (Å²) in [5.74, 6) is -1.17. The highest BCUT2D eigenvalue weighted by molar-refractivity contribution is 6.30. The molecule has 0 amide bonds. The molecule has 0 aliphatic rings. The SMILES string of the molecule is O=Cc1ccc(C(F)(F)F)cc1Oc1ccc(Cl)c(F)c1. The first-order valence-electron chi connectivity index (χ1n) is 5.60. The molecule has 0 aliphatic carbocycles. The topological polar surface area (TPSA) is 26.3 Å². The summed E-state index contributed by atoms with van der Waals surface area (Å²) in [5, 5.41) is -0.151. The molecule has 0 spiro atoms. The number of ether oxygens (including phenoxy) is 1. The van der Waals surface area contributed by atoms with E-state index in [0.717, 1.165) is 18.2 Å². The van der Waals surface area contributed by atoms with Crippen molar-refractivity contribution in [2.24, 2.45) is 0 Å². The van der Waals surface area contributed by atoms with Gasteiger partial charge in [-0.2, -0.15) is 13.2 Å². The fourth-order valence-corrected chi connectivity index (χ4v) is 1.68. The third-order valence-corrected chi connectivity index (χ3v) is 2.89. The second-order valence-corrected chi connectivity index (χ2v) is 4.45. The summed E-state index contributed by atoms with van der Waals surface area (Å²) in [5.41, 5.74) is -1.06. The van der Waals surface area contributed by atoms with Gasteiger partial charge in [0.1, 0.15) is 17.3 Å². The molecule has 0 fully saturated rings. The Morgan fingerprint density at radius 1 is 1.10 bits per heavy atom. The number of carbonyl (C=O) groups excluding carboxylic acids is 1. The van der Waals surface area contributed by atoms with E-state index in [9.17, 15) is 22.4 Å². The molecule has 0 saturated carbocycles. The molecule has 7 heteroatoms. The van der Waals surface area contributed by atoms with Gasteiger partial charge in [-0.15, -0.1) is 0 Å². The van der Waals surface area contributed by atoms with Crippen LogP contribution in [0.1, 0.15) is 15.9 Å². The number of rotatable bonds is 3. The molecule has 2 aromatic rings. The van der Waals surface area contributed by atoms with Gasteiger partial charge < -0.3 is 4.74 Å². The summed E-state index contributed by atoms with van der Waals surface area (Å²) in [6, 6.07) is 5.81. The van der Waals surface area contributed by atoms with Crippen LogP contribution in [0.15, 0.2) is 36.4 Å². The van der Waals surface area contributed by atoms with Crippen molar-refractivity contribution in [3.8, 4) is 11.5 Å². The first-order valence-corrected chi connectivity index (χ1v) is 5.98. The average molecular weight is 319 g/mol. The van der Waals surface area contributed by atoms with E-state index in [0.29, 0.717) is 12.4 Å². The van der Waals surface area contributed by atoms with Gasteiger partial charge in [0, 0.05) is 6.07 Å². The van der Waals surface area contributed by atoms with Crippen LogP contribution in [0.25, 0.3) is 0 Å². The van der Waals surface area contributed by atoms with E-state index in [1.165, 1.54) is 12.1 Å². The first-order chi connectivity index (χ1) is 9.81. The van der Waals surface area contributed by atoms with Crippen LogP contribution in [0.2, 0.25) is 5.02 Å². The molecular formula is C14H7ClF4O2. The highest BCUT2D eigenvalue weighted by atomic mass is 35.5. The van der Waals surface area contributed by atoms with Crippen molar-refractivity contribution in [2.75, 3.05) is 0 Å². The molecule has 2 nitrogen and oxygen atoms in total. The molecule has 0 atom stereocenters. The van der Waals surface area contributed by atoms with Gasteiger partial charge in [-0.3, -0.25) is 4.79 Å². The van der Waals surface area contributed by atoms with Gasteiger partial charge >= 0.3 is 6.18 Å². The Labute approximate surface area is 121 Å². The molecule has 0 aliphatic heterocycles. The molecule has 0 unspecified atom stereocenters. The Bertz CT molecular complexity index is 683. The number of halogens is 5. The predicted molar refractivity (Wildman–Crippen MR) is 68.3 cm³/mol. The van der Waals surface area contributed by atoms with Crippen molar-refractivity contribution in [3.05, 3.63) is 58.4 Å². The quantitative estimate of drug-likeness (QED) is 0.581. The minimum Gasteiger partial charge on any atom is -0.456 e. The smallest absolute Gasteiger partial charge is 0.416 e. The fraction of sp³-hybridized carbons (Fsp3) is 0.0714. The van der Waals surface area contributed by atoms with Gasteiger partial charge in [0.05, 0.1) is 16.1 Å². The molecule has 0 bridgehead atoms. The largest absolute Gasteiger partial charge is 0.456 e. The molecule has 21 heavy (non-hydrogen) atoms. The normalized spacial score (nSPS) is 11.3. The van der Waals surface area contributed by atoms with Crippen molar-refractivity contribution in [2.45, 2.75) is 6.18 Å². The lowest BCUT2D eigenvalue weighted by Gasteiger charge is -2.12. The number of benzene rings is 2. The van der Waals surface area contributed by atoms with E-state index < -0.39 is 17.6 Å². The standard InChI is InChI=1S/C14H7ClF4O2/c15-11-4-3-10(6-12(11)16)21-13-5-9(14(17,18)19)2-1-8(13)7-20/h1-7H. The number of alkyl halides is 3. The number of aldehydes is 1. The zero-order valence-corrected chi connectivity index (χ0v) is 11.0. The number of hydrogen-bond donors (Lipinski definition) is 0. The van der Waals surface area contributed by atoms with Crippen LogP contribution in [0.5, 0.6) is 11.5 Å². The Morgan fingerprint density at radius 2 is 1.81 bits per heavy atom. The lowest BCUT2D eigenvalue weighted by molar-refractivity contribution is -0.137. The van der Waals surface area contributed by atoms with Crippen LogP contribution in [0.3, 0.4) is 0 Å². The minimum atomic E-state index is -4.58. The maximum atomic E-state index is 13.3. The second-order valence-electron chi connectivity index (χ2n) is 4.05. The molecule has 0 radical (unpaired) electrons. The van der Waals surface area contributed by atoms with Crippen LogP contribution in [0.4, 0.5) is 17.6 Å². The van der Waals surface area contributed by atoms with Crippen molar-refractivity contribution in [1.82, 2.24) is 0 Å². The van der Waals surface area contributed by atoms with Gasteiger partial charge in [0.25, 0.3) is 0 Å². The maximum absolute atomic E-state index is 13.3. The van der Waals surface area contributed by atoms with Crippen molar-refractivity contribution in [3.63, 3.8) is 0 Å².